The van der Waals surface area contributed by atoms with E-state index in [9.17, 15) is 8.78 Å². The van der Waals surface area contributed by atoms with Crippen molar-refractivity contribution in [2.75, 3.05) is 0 Å². The highest BCUT2D eigenvalue weighted by Gasteiger charge is 2.13. The van der Waals surface area contributed by atoms with E-state index in [1.54, 1.807) is 24.5 Å². The Balaban J connectivity index is 1.94. The molecule has 0 spiro atoms. The van der Waals surface area contributed by atoms with Crippen LogP contribution < -0.4 is 0 Å². The average Bonchev–Trinajstić information content (AvgIpc) is 2.69. The summed E-state index contributed by atoms with van der Waals surface area (Å²) >= 11 is 0. The summed E-state index contributed by atoms with van der Waals surface area (Å²) in [6.45, 7) is 0. The SMILES string of the molecule is Fc1ccc(-c2cc(-c3ccccn3)nc(-c3ccccn3)c2)c(F)c1. The number of halogens is 2. The third kappa shape index (κ3) is 3.19. The molecule has 1 aromatic carbocycles. The van der Waals surface area contributed by atoms with Crippen molar-refractivity contribution in [3.05, 3.63) is 90.8 Å². The maximum absolute atomic E-state index is 14.3. The number of nitrogens with zero attached hydrogens (tertiary/aromatic N) is 3. The van der Waals surface area contributed by atoms with E-state index >= 15 is 0 Å². The molecule has 5 heteroatoms. The molecular weight excluding hydrogens is 332 g/mol. The molecule has 0 fully saturated rings. The Hall–Kier alpha value is -3.47. The topological polar surface area (TPSA) is 38.7 Å². The van der Waals surface area contributed by atoms with Crippen LogP contribution in [0.2, 0.25) is 0 Å². The van der Waals surface area contributed by atoms with E-state index in [-0.39, 0.29) is 0 Å². The molecule has 0 radical (unpaired) electrons. The molecule has 0 amide bonds. The lowest BCUT2D eigenvalue weighted by molar-refractivity contribution is 0.585. The van der Waals surface area contributed by atoms with Gasteiger partial charge in [0.15, 0.2) is 0 Å². The van der Waals surface area contributed by atoms with Crippen molar-refractivity contribution in [1.82, 2.24) is 15.0 Å². The van der Waals surface area contributed by atoms with Crippen LogP contribution in [-0.4, -0.2) is 15.0 Å². The van der Waals surface area contributed by atoms with Gasteiger partial charge in [-0.25, -0.2) is 13.8 Å². The van der Waals surface area contributed by atoms with Gasteiger partial charge in [-0.05, 0) is 54.1 Å². The molecule has 0 aliphatic heterocycles. The number of hydrogen-bond donors (Lipinski definition) is 0. The molecule has 3 nitrogen and oxygen atoms in total. The van der Waals surface area contributed by atoms with E-state index in [0.717, 1.165) is 6.07 Å². The van der Waals surface area contributed by atoms with Gasteiger partial charge >= 0.3 is 0 Å². The molecule has 3 heterocycles. The molecular formula is C21H13F2N3. The van der Waals surface area contributed by atoms with Crippen molar-refractivity contribution >= 4 is 0 Å². The first kappa shape index (κ1) is 16.0. The molecule has 0 unspecified atom stereocenters. The quantitative estimate of drug-likeness (QED) is 0.515. The summed E-state index contributed by atoms with van der Waals surface area (Å²) in [5, 5.41) is 0. The summed E-state index contributed by atoms with van der Waals surface area (Å²) in [7, 11) is 0. The highest BCUT2D eigenvalue weighted by Crippen LogP contribution is 2.30. The van der Waals surface area contributed by atoms with E-state index in [1.807, 2.05) is 36.4 Å². The maximum atomic E-state index is 14.3. The molecule has 0 aliphatic carbocycles. The lowest BCUT2D eigenvalue weighted by Crippen LogP contribution is -1.95. The first-order valence-corrected chi connectivity index (χ1v) is 8.01. The van der Waals surface area contributed by atoms with Crippen LogP contribution in [0.5, 0.6) is 0 Å². The van der Waals surface area contributed by atoms with E-state index < -0.39 is 11.6 Å². The molecule has 0 N–H and O–H groups in total. The van der Waals surface area contributed by atoms with E-state index in [1.165, 1.54) is 12.1 Å². The first-order valence-electron chi connectivity index (χ1n) is 8.01. The third-order valence-corrected chi connectivity index (χ3v) is 3.92. The summed E-state index contributed by atoms with van der Waals surface area (Å²) in [6.07, 6.45) is 3.34. The minimum atomic E-state index is -0.629. The monoisotopic (exact) mass is 345 g/mol. The van der Waals surface area contributed by atoms with Crippen molar-refractivity contribution in [2.45, 2.75) is 0 Å². The Bertz CT molecular complexity index is 994. The molecule has 4 aromatic rings. The second-order valence-corrected chi connectivity index (χ2v) is 5.68. The molecule has 0 atom stereocenters. The zero-order valence-corrected chi connectivity index (χ0v) is 13.6. The summed E-state index contributed by atoms with van der Waals surface area (Å²) < 4.78 is 27.6. The Kier molecular flexibility index (Phi) is 4.19. The summed E-state index contributed by atoms with van der Waals surface area (Å²) in [5.41, 5.74) is 3.38. The van der Waals surface area contributed by atoms with Crippen molar-refractivity contribution in [2.24, 2.45) is 0 Å². The van der Waals surface area contributed by atoms with Crippen LogP contribution in [0.1, 0.15) is 0 Å². The van der Waals surface area contributed by atoms with Crippen LogP contribution in [0.15, 0.2) is 79.1 Å². The van der Waals surface area contributed by atoms with E-state index in [4.69, 9.17) is 0 Å². The third-order valence-electron chi connectivity index (χ3n) is 3.92. The van der Waals surface area contributed by atoms with Gasteiger partial charge in [0.25, 0.3) is 0 Å². The minimum Gasteiger partial charge on any atom is -0.255 e. The number of benzene rings is 1. The maximum Gasteiger partial charge on any atom is 0.133 e. The van der Waals surface area contributed by atoms with Gasteiger partial charge in [-0.15, -0.1) is 0 Å². The fourth-order valence-electron chi connectivity index (χ4n) is 2.70. The number of hydrogen-bond acceptors (Lipinski definition) is 3. The van der Waals surface area contributed by atoms with Crippen LogP contribution >= 0.6 is 0 Å². The first-order chi connectivity index (χ1) is 12.7. The molecule has 0 bridgehead atoms. The van der Waals surface area contributed by atoms with Crippen LogP contribution in [0.4, 0.5) is 8.78 Å². The Morgan fingerprint density at radius 3 is 1.73 bits per heavy atom. The Labute approximate surface area is 149 Å². The largest absolute Gasteiger partial charge is 0.255 e. The van der Waals surface area contributed by atoms with Crippen LogP contribution in [0, 0.1) is 11.6 Å². The van der Waals surface area contributed by atoms with Crippen molar-refractivity contribution in [3.63, 3.8) is 0 Å². The van der Waals surface area contributed by atoms with Gasteiger partial charge in [0.2, 0.25) is 0 Å². The highest BCUT2D eigenvalue weighted by atomic mass is 19.1. The average molecular weight is 345 g/mol. The molecule has 126 valence electrons. The van der Waals surface area contributed by atoms with Gasteiger partial charge in [-0.1, -0.05) is 12.1 Å². The van der Waals surface area contributed by atoms with Crippen molar-refractivity contribution < 1.29 is 8.78 Å². The molecule has 0 saturated carbocycles. The van der Waals surface area contributed by atoms with E-state index in [0.29, 0.717) is 33.9 Å². The van der Waals surface area contributed by atoms with Gasteiger partial charge in [-0.3, -0.25) is 9.97 Å². The summed E-state index contributed by atoms with van der Waals surface area (Å²) in [6, 6.07) is 18.0. The fraction of sp³-hybridized carbons (Fsp3) is 0. The normalized spacial score (nSPS) is 10.7. The van der Waals surface area contributed by atoms with Crippen LogP contribution in [0.3, 0.4) is 0 Å². The molecule has 0 saturated heterocycles. The second kappa shape index (κ2) is 6.80. The smallest absolute Gasteiger partial charge is 0.133 e. The molecule has 3 aromatic heterocycles. The van der Waals surface area contributed by atoms with Gasteiger partial charge in [0.05, 0.1) is 22.8 Å². The highest BCUT2D eigenvalue weighted by molar-refractivity contribution is 5.74. The predicted molar refractivity (Wildman–Crippen MR) is 96.1 cm³/mol. The summed E-state index contributed by atoms with van der Waals surface area (Å²) in [4.78, 5) is 13.3. The number of rotatable bonds is 3. The summed E-state index contributed by atoms with van der Waals surface area (Å²) in [5.74, 6) is -1.25. The van der Waals surface area contributed by atoms with Gasteiger partial charge in [0.1, 0.15) is 11.6 Å². The second-order valence-electron chi connectivity index (χ2n) is 5.68. The lowest BCUT2D eigenvalue weighted by atomic mass is 10.0. The van der Waals surface area contributed by atoms with Crippen molar-refractivity contribution in [1.29, 1.82) is 0 Å². The molecule has 4 rings (SSSR count). The molecule has 0 aliphatic rings. The van der Waals surface area contributed by atoms with Gasteiger partial charge in [-0.2, -0.15) is 0 Å². The van der Waals surface area contributed by atoms with Crippen molar-refractivity contribution in [3.8, 4) is 33.9 Å². The zero-order valence-electron chi connectivity index (χ0n) is 13.6. The minimum absolute atomic E-state index is 0.295. The Morgan fingerprint density at radius 1 is 0.615 bits per heavy atom. The zero-order chi connectivity index (χ0) is 17.9. The van der Waals surface area contributed by atoms with E-state index in [2.05, 4.69) is 15.0 Å². The van der Waals surface area contributed by atoms with Gasteiger partial charge < -0.3 is 0 Å². The predicted octanol–water partition coefficient (Wildman–Crippen LogP) is 5.15. The standard InChI is InChI=1S/C21H13F2N3/c22-15-7-8-16(17(23)13-15)14-11-20(18-5-1-3-9-24-18)26-21(12-14)19-6-2-4-10-25-19/h1-13H. The number of aromatic nitrogens is 3. The lowest BCUT2D eigenvalue weighted by Gasteiger charge is -2.10. The van der Waals surface area contributed by atoms with Crippen LogP contribution in [-0.2, 0) is 0 Å². The van der Waals surface area contributed by atoms with Gasteiger partial charge in [0, 0.05) is 24.0 Å². The molecule has 26 heavy (non-hydrogen) atoms. The van der Waals surface area contributed by atoms with Crippen LogP contribution in [0.25, 0.3) is 33.9 Å². The fourth-order valence-corrected chi connectivity index (χ4v) is 2.70. The number of pyridine rings is 3. The Morgan fingerprint density at radius 2 is 1.23 bits per heavy atom.